The maximum absolute atomic E-state index is 12.4. The van der Waals surface area contributed by atoms with E-state index in [1.807, 2.05) is 0 Å². The van der Waals surface area contributed by atoms with Crippen LogP contribution in [0.4, 0.5) is 15.8 Å². The summed E-state index contributed by atoms with van der Waals surface area (Å²) in [5.74, 6) is -0.291. The number of halogens is 2. The lowest BCUT2D eigenvalue weighted by atomic mass is 10.3. The molecule has 0 saturated heterocycles. The molecule has 0 amide bonds. The molecule has 3 rings (SSSR count). The number of rotatable bonds is 4. The second-order valence-electron chi connectivity index (χ2n) is 4.87. The molecule has 27 heavy (non-hydrogen) atoms. The third-order valence-corrected chi connectivity index (χ3v) is 3.23. The summed E-state index contributed by atoms with van der Waals surface area (Å²) in [5.41, 5.74) is -0.588. The van der Waals surface area contributed by atoms with Crippen molar-refractivity contribution in [2.75, 3.05) is 0 Å². The minimum Gasteiger partial charge on any atom is -0.448 e. The predicted molar refractivity (Wildman–Crippen MR) is 95.5 cm³/mol. The number of hydrogen-bond donors (Lipinski definition) is 0. The summed E-state index contributed by atoms with van der Waals surface area (Å²) in [7, 11) is 0. The first kappa shape index (κ1) is 19.7. The van der Waals surface area contributed by atoms with E-state index >= 15 is 0 Å². The van der Waals surface area contributed by atoms with Crippen LogP contribution in [0.15, 0.2) is 67.0 Å². The van der Waals surface area contributed by atoms with Crippen LogP contribution in [0.1, 0.15) is 0 Å². The van der Waals surface area contributed by atoms with E-state index < -0.39 is 21.4 Å². The smallest absolute Gasteiger partial charge is 0.311 e. The standard InChI is InChI=1S/C11H7ClN2O3.C6H4FNO2/c12-8-5-9(7-13-6-8)17-11-4-2-1-3-10(11)14(15)16;7-5-3-1-2-4-6(5)8(9)10/h1-7H;1-4H. The highest BCUT2D eigenvalue weighted by molar-refractivity contribution is 6.30. The summed E-state index contributed by atoms with van der Waals surface area (Å²) >= 11 is 5.74. The Morgan fingerprint density at radius 1 is 0.926 bits per heavy atom. The first-order chi connectivity index (χ1) is 12.9. The van der Waals surface area contributed by atoms with E-state index in [1.54, 1.807) is 12.1 Å². The summed E-state index contributed by atoms with van der Waals surface area (Å²) in [4.78, 5) is 23.3. The zero-order valence-electron chi connectivity index (χ0n) is 13.5. The SMILES string of the molecule is O=[N+]([O-])c1ccccc1F.O=[N+]([O-])c1ccccc1Oc1cncc(Cl)c1. The van der Waals surface area contributed by atoms with Crippen LogP contribution in [0.3, 0.4) is 0 Å². The summed E-state index contributed by atoms with van der Waals surface area (Å²) in [5, 5.41) is 21.2. The molecule has 0 unspecified atom stereocenters. The number of aromatic nitrogens is 1. The first-order valence-electron chi connectivity index (χ1n) is 7.29. The van der Waals surface area contributed by atoms with E-state index in [2.05, 4.69) is 4.98 Å². The van der Waals surface area contributed by atoms with Gasteiger partial charge < -0.3 is 4.74 Å². The van der Waals surface area contributed by atoms with Gasteiger partial charge in [-0.05, 0) is 12.1 Å². The molecule has 1 heterocycles. The highest BCUT2D eigenvalue weighted by atomic mass is 35.5. The first-order valence-corrected chi connectivity index (χ1v) is 7.67. The molecule has 138 valence electrons. The average Bonchev–Trinajstić information content (AvgIpc) is 2.63. The zero-order valence-corrected chi connectivity index (χ0v) is 14.2. The lowest BCUT2D eigenvalue weighted by Crippen LogP contribution is -1.93. The molecule has 0 atom stereocenters. The Morgan fingerprint density at radius 3 is 2.07 bits per heavy atom. The van der Waals surface area contributed by atoms with Crippen LogP contribution in [0.5, 0.6) is 11.5 Å². The maximum atomic E-state index is 12.4. The number of nitrogens with zero attached hydrogens (tertiary/aromatic N) is 3. The highest BCUT2D eigenvalue weighted by Gasteiger charge is 2.14. The van der Waals surface area contributed by atoms with Crippen molar-refractivity contribution in [1.82, 2.24) is 4.98 Å². The van der Waals surface area contributed by atoms with Gasteiger partial charge in [-0.15, -0.1) is 0 Å². The molecule has 0 saturated carbocycles. The molecule has 0 fully saturated rings. The van der Waals surface area contributed by atoms with Gasteiger partial charge in [0.2, 0.25) is 11.6 Å². The fourth-order valence-corrected chi connectivity index (χ4v) is 2.03. The van der Waals surface area contributed by atoms with E-state index in [9.17, 15) is 24.6 Å². The van der Waals surface area contributed by atoms with Crippen LogP contribution in [-0.2, 0) is 0 Å². The summed E-state index contributed by atoms with van der Waals surface area (Å²) in [6, 6.07) is 12.6. The number of hydrogen-bond acceptors (Lipinski definition) is 6. The molecule has 0 spiro atoms. The number of nitro benzene ring substituents is 2. The van der Waals surface area contributed by atoms with Gasteiger partial charge in [-0.2, -0.15) is 4.39 Å². The van der Waals surface area contributed by atoms with Crippen molar-refractivity contribution in [3.05, 3.63) is 98.1 Å². The minimum atomic E-state index is -0.799. The molecule has 8 nitrogen and oxygen atoms in total. The quantitative estimate of drug-likeness (QED) is 0.448. The third-order valence-electron chi connectivity index (χ3n) is 3.02. The molecule has 0 aliphatic carbocycles. The van der Waals surface area contributed by atoms with Gasteiger partial charge in [-0.3, -0.25) is 25.2 Å². The molecule has 0 N–H and O–H groups in total. The number of ether oxygens (including phenoxy) is 1. The Balaban J connectivity index is 0.000000223. The van der Waals surface area contributed by atoms with Crippen LogP contribution in [0.2, 0.25) is 5.02 Å². The number of nitro groups is 2. The monoisotopic (exact) mass is 391 g/mol. The Hall–Kier alpha value is -3.59. The van der Waals surface area contributed by atoms with Crippen molar-refractivity contribution in [2.45, 2.75) is 0 Å². The molecule has 0 bridgehead atoms. The largest absolute Gasteiger partial charge is 0.448 e. The van der Waals surface area contributed by atoms with Crippen LogP contribution in [0.25, 0.3) is 0 Å². The van der Waals surface area contributed by atoms with Crippen molar-refractivity contribution >= 4 is 23.0 Å². The van der Waals surface area contributed by atoms with Crippen LogP contribution < -0.4 is 4.74 Å². The van der Waals surface area contributed by atoms with Gasteiger partial charge >= 0.3 is 11.4 Å². The van der Waals surface area contributed by atoms with Crippen molar-refractivity contribution in [2.24, 2.45) is 0 Å². The number of benzene rings is 2. The van der Waals surface area contributed by atoms with E-state index in [4.69, 9.17) is 16.3 Å². The summed E-state index contributed by atoms with van der Waals surface area (Å²) < 4.78 is 17.8. The Morgan fingerprint density at radius 2 is 1.52 bits per heavy atom. The van der Waals surface area contributed by atoms with Gasteiger partial charge in [0.1, 0.15) is 5.75 Å². The normalized spacial score (nSPS) is 9.70. The fourth-order valence-electron chi connectivity index (χ4n) is 1.87. The lowest BCUT2D eigenvalue weighted by molar-refractivity contribution is -0.387. The summed E-state index contributed by atoms with van der Waals surface area (Å²) in [6.07, 6.45) is 2.89. The van der Waals surface area contributed by atoms with Crippen molar-refractivity contribution in [1.29, 1.82) is 0 Å². The van der Waals surface area contributed by atoms with Gasteiger partial charge in [0, 0.05) is 24.4 Å². The maximum Gasteiger partial charge on any atom is 0.311 e. The van der Waals surface area contributed by atoms with Crippen molar-refractivity contribution in [3.8, 4) is 11.5 Å². The number of para-hydroxylation sites is 3. The van der Waals surface area contributed by atoms with Gasteiger partial charge in [0.25, 0.3) is 0 Å². The lowest BCUT2D eigenvalue weighted by Gasteiger charge is -2.05. The molecule has 3 aromatic rings. The molecule has 10 heteroatoms. The van der Waals surface area contributed by atoms with Crippen molar-refractivity contribution in [3.63, 3.8) is 0 Å². The second kappa shape index (κ2) is 9.20. The Kier molecular flexibility index (Phi) is 6.73. The van der Waals surface area contributed by atoms with Gasteiger partial charge in [-0.1, -0.05) is 35.9 Å². The average molecular weight is 392 g/mol. The summed E-state index contributed by atoms with van der Waals surface area (Å²) in [6.45, 7) is 0. The fraction of sp³-hybridized carbons (Fsp3) is 0. The molecule has 2 aromatic carbocycles. The molecule has 0 radical (unpaired) electrons. The van der Waals surface area contributed by atoms with Crippen molar-refractivity contribution < 1.29 is 19.0 Å². The van der Waals surface area contributed by atoms with Crippen LogP contribution in [0, 0.1) is 26.0 Å². The van der Waals surface area contributed by atoms with Crippen LogP contribution in [-0.4, -0.2) is 14.8 Å². The Labute approximate surface area is 157 Å². The topological polar surface area (TPSA) is 108 Å². The van der Waals surface area contributed by atoms with E-state index in [1.165, 1.54) is 42.7 Å². The Bertz CT molecular complexity index is 971. The van der Waals surface area contributed by atoms with Gasteiger partial charge in [0.15, 0.2) is 0 Å². The van der Waals surface area contributed by atoms with Gasteiger partial charge in [0.05, 0.1) is 21.1 Å². The third kappa shape index (κ3) is 5.72. The minimum absolute atomic E-state index is 0.104. The van der Waals surface area contributed by atoms with E-state index in [-0.39, 0.29) is 11.4 Å². The predicted octanol–water partition coefficient (Wildman–Crippen LogP) is 5.17. The molecular formula is C17H11ClFN3O5. The van der Waals surface area contributed by atoms with E-state index in [0.717, 1.165) is 12.1 Å². The van der Waals surface area contributed by atoms with Crippen LogP contribution >= 0.6 is 11.6 Å². The molecule has 1 aromatic heterocycles. The molecule has 0 aliphatic heterocycles. The highest BCUT2D eigenvalue weighted by Crippen LogP contribution is 2.31. The molecular weight excluding hydrogens is 381 g/mol. The van der Waals surface area contributed by atoms with E-state index in [0.29, 0.717) is 10.8 Å². The molecule has 0 aliphatic rings. The number of pyridine rings is 1. The second-order valence-corrected chi connectivity index (χ2v) is 5.31. The zero-order chi connectivity index (χ0) is 19.8. The van der Waals surface area contributed by atoms with Gasteiger partial charge in [-0.25, -0.2) is 0 Å².